The molecule has 1 aliphatic carbocycles. The minimum Gasteiger partial charge on any atom is -0.349 e. The lowest BCUT2D eigenvalue weighted by atomic mass is 9.72. The number of amides is 1. The zero-order valence-corrected chi connectivity index (χ0v) is 15.4. The molecule has 2 aromatic rings. The van der Waals surface area contributed by atoms with Gasteiger partial charge in [-0.15, -0.1) is 0 Å². The number of hydrogen-bond acceptors (Lipinski definition) is 1. The Hall–Kier alpha value is -2.09. The molecule has 0 saturated heterocycles. The molecule has 132 valence electrons. The summed E-state index contributed by atoms with van der Waals surface area (Å²) in [7, 11) is 0. The minimum absolute atomic E-state index is 0.153. The third kappa shape index (κ3) is 3.49. The fourth-order valence-corrected chi connectivity index (χ4v) is 4.39. The molecule has 0 heterocycles. The normalized spacial score (nSPS) is 16.5. The highest BCUT2D eigenvalue weighted by Gasteiger charge is 2.40. The van der Waals surface area contributed by atoms with E-state index in [1.165, 1.54) is 11.1 Å². The lowest BCUT2D eigenvalue weighted by molar-refractivity contribution is -0.128. The van der Waals surface area contributed by atoms with Crippen molar-refractivity contribution in [2.75, 3.05) is 0 Å². The number of carbonyl (C=O) groups excluding carboxylic acids is 1. The van der Waals surface area contributed by atoms with Crippen molar-refractivity contribution in [2.45, 2.75) is 63.8 Å². The van der Waals surface area contributed by atoms with Crippen LogP contribution < -0.4 is 5.32 Å². The summed E-state index contributed by atoms with van der Waals surface area (Å²) in [4.78, 5) is 13.5. The van der Waals surface area contributed by atoms with Crippen molar-refractivity contribution in [3.05, 3.63) is 71.3 Å². The topological polar surface area (TPSA) is 29.1 Å². The summed E-state index contributed by atoms with van der Waals surface area (Å²) in [6.07, 6.45) is 5.86. The van der Waals surface area contributed by atoms with E-state index in [4.69, 9.17) is 0 Å². The van der Waals surface area contributed by atoms with Gasteiger partial charge < -0.3 is 5.32 Å². The van der Waals surface area contributed by atoms with Crippen LogP contribution in [-0.4, -0.2) is 5.91 Å². The van der Waals surface area contributed by atoms with E-state index in [2.05, 4.69) is 55.6 Å². The van der Waals surface area contributed by atoms with Crippen LogP contribution in [0.5, 0.6) is 0 Å². The van der Waals surface area contributed by atoms with E-state index in [0.717, 1.165) is 44.1 Å². The van der Waals surface area contributed by atoms with Crippen LogP contribution in [0.15, 0.2) is 54.6 Å². The number of benzene rings is 2. The van der Waals surface area contributed by atoms with E-state index in [1.54, 1.807) is 0 Å². The highest BCUT2D eigenvalue weighted by Crippen LogP contribution is 2.37. The van der Waals surface area contributed by atoms with E-state index in [-0.39, 0.29) is 11.9 Å². The monoisotopic (exact) mass is 335 g/mol. The van der Waals surface area contributed by atoms with Gasteiger partial charge in [-0.2, -0.15) is 0 Å². The summed E-state index contributed by atoms with van der Waals surface area (Å²) in [5.74, 6) is 0.198. The van der Waals surface area contributed by atoms with Crippen molar-refractivity contribution in [1.29, 1.82) is 0 Å². The standard InChI is InChI=1S/C23H29NO/c1-3-16-23(17-4-2,19-11-6-5-7-12-19)22(25)24-21-15-14-18-10-8-9-13-20(18)21/h5-13,21H,3-4,14-17H2,1-2H3,(H,24,25)/t21-/m0/s1. The molecule has 1 aliphatic rings. The van der Waals surface area contributed by atoms with Crippen LogP contribution in [0.2, 0.25) is 0 Å². The Balaban J connectivity index is 1.90. The summed E-state index contributed by atoms with van der Waals surface area (Å²) < 4.78 is 0. The highest BCUT2D eigenvalue weighted by atomic mass is 16.2. The minimum atomic E-state index is -0.414. The average Bonchev–Trinajstić information content (AvgIpc) is 3.05. The van der Waals surface area contributed by atoms with Crippen molar-refractivity contribution >= 4 is 5.91 Å². The molecule has 0 saturated carbocycles. The van der Waals surface area contributed by atoms with Crippen molar-refractivity contribution in [3.63, 3.8) is 0 Å². The molecule has 0 aliphatic heterocycles. The van der Waals surface area contributed by atoms with Gasteiger partial charge >= 0.3 is 0 Å². The van der Waals surface area contributed by atoms with Gasteiger partial charge in [0.25, 0.3) is 0 Å². The van der Waals surface area contributed by atoms with E-state index in [9.17, 15) is 4.79 Å². The fourth-order valence-electron chi connectivity index (χ4n) is 4.39. The van der Waals surface area contributed by atoms with E-state index < -0.39 is 5.41 Å². The molecule has 2 heteroatoms. The maximum Gasteiger partial charge on any atom is 0.231 e. The highest BCUT2D eigenvalue weighted by molar-refractivity contribution is 5.88. The quantitative estimate of drug-likeness (QED) is 0.728. The van der Waals surface area contributed by atoms with Crippen LogP contribution in [0, 0.1) is 0 Å². The Labute approximate surface area is 151 Å². The van der Waals surface area contributed by atoms with Gasteiger partial charge in [0.2, 0.25) is 5.91 Å². The predicted molar refractivity (Wildman–Crippen MR) is 104 cm³/mol. The van der Waals surface area contributed by atoms with E-state index >= 15 is 0 Å². The summed E-state index contributed by atoms with van der Waals surface area (Å²) in [6.45, 7) is 4.34. The third-order valence-corrected chi connectivity index (χ3v) is 5.55. The summed E-state index contributed by atoms with van der Waals surface area (Å²) in [5, 5.41) is 3.41. The first-order valence-electron chi connectivity index (χ1n) is 9.65. The Morgan fingerprint density at radius 3 is 2.32 bits per heavy atom. The number of carbonyl (C=O) groups is 1. The molecule has 1 N–H and O–H groups in total. The number of hydrogen-bond donors (Lipinski definition) is 1. The molecular formula is C23H29NO. The van der Waals surface area contributed by atoms with Gasteiger partial charge in [0.15, 0.2) is 0 Å². The zero-order chi connectivity index (χ0) is 17.7. The van der Waals surface area contributed by atoms with Crippen LogP contribution in [0.3, 0.4) is 0 Å². The molecule has 2 nitrogen and oxygen atoms in total. The molecule has 25 heavy (non-hydrogen) atoms. The third-order valence-electron chi connectivity index (χ3n) is 5.55. The molecule has 1 atom stereocenters. The van der Waals surface area contributed by atoms with Gasteiger partial charge in [-0.05, 0) is 42.4 Å². The van der Waals surface area contributed by atoms with Gasteiger partial charge in [-0.1, -0.05) is 81.3 Å². The second kappa shape index (κ2) is 7.86. The summed E-state index contributed by atoms with van der Waals surface area (Å²) in [6, 6.07) is 19.0. The molecule has 0 radical (unpaired) electrons. The molecule has 1 amide bonds. The maximum absolute atomic E-state index is 13.5. The maximum atomic E-state index is 13.5. The number of rotatable bonds is 7. The van der Waals surface area contributed by atoms with Gasteiger partial charge in [-0.3, -0.25) is 4.79 Å². The Morgan fingerprint density at radius 1 is 1.00 bits per heavy atom. The molecule has 0 fully saturated rings. The molecule has 0 aromatic heterocycles. The predicted octanol–water partition coefficient (Wildman–Crippen LogP) is 5.33. The number of fused-ring (bicyclic) bond motifs is 1. The molecule has 3 rings (SSSR count). The van der Waals surface area contributed by atoms with Gasteiger partial charge in [0.1, 0.15) is 0 Å². The lowest BCUT2D eigenvalue weighted by Crippen LogP contribution is -2.45. The number of aryl methyl sites for hydroxylation is 1. The smallest absolute Gasteiger partial charge is 0.231 e. The zero-order valence-electron chi connectivity index (χ0n) is 15.4. The molecule has 0 unspecified atom stereocenters. The molecule has 2 aromatic carbocycles. The largest absolute Gasteiger partial charge is 0.349 e. The SMILES string of the molecule is CCCC(CCC)(C(=O)N[C@H]1CCc2ccccc21)c1ccccc1. The first kappa shape index (κ1) is 17.7. The van der Waals surface area contributed by atoms with Crippen LogP contribution in [0.25, 0.3) is 0 Å². The second-order valence-electron chi connectivity index (χ2n) is 7.21. The van der Waals surface area contributed by atoms with E-state index in [1.807, 2.05) is 18.2 Å². The Kier molecular flexibility index (Phi) is 5.57. The van der Waals surface area contributed by atoms with Crippen molar-refractivity contribution in [1.82, 2.24) is 5.32 Å². The summed E-state index contributed by atoms with van der Waals surface area (Å²) in [5.41, 5.74) is 3.42. The van der Waals surface area contributed by atoms with Crippen LogP contribution in [0.1, 0.15) is 68.7 Å². The van der Waals surface area contributed by atoms with Crippen LogP contribution >= 0.6 is 0 Å². The second-order valence-corrected chi connectivity index (χ2v) is 7.21. The van der Waals surface area contributed by atoms with Crippen molar-refractivity contribution in [2.24, 2.45) is 0 Å². The summed E-state index contributed by atoms with van der Waals surface area (Å²) >= 11 is 0. The molecule has 0 spiro atoms. The van der Waals surface area contributed by atoms with Gasteiger partial charge in [0, 0.05) is 0 Å². The van der Waals surface area contributed by atoms with Crippen LogP contribution in [-0.2, 0) is 16.6 Å². The van der Waals surface area contributed by atoms with E-state index in [0.29, 0.717) is 0 Å². The molecular weight excluding hydrogens is 306 g/mol. The van der Waals surface area contributed by atoms with Crippen molar-refractivity contribution < 1.29 is 4.79 Å². The molecule has 0 bridgehead atoms. The Bertz CT molecular complexity index is 701. The first-order chi connectivity index (χ1) is 12.2. The Morgan fingerprint density at radius 2 is 1.64 bits per heavy atom. The van der Waals surface area contributed by atoms with Gasteiger partial charge in [-0.25, -0.2) is 0 Å². The fraction of sp³-hybridized carbons (Fsp3) is 0.435. The van der Waals surface area contributed by atoms with Crippen molar-refractivity contribution in [3.8, 4) is 0 Å². The first-order valence-corrected chi connectivity index (χ1v) is 9.65. The lowest BCUT2D eigenvalue weighted by Gasteiger charge is -2.34. The number of nitrogens with one attached hydrogen (secondary N) is 1. The average molecular weight is 335 g/mol. The van der Waals surface area contributed by atoms with Gasteiger partial charge in [0.05, 0.1) is 11.5 Å². The van der Waals surface area contributed by atoms with Crippen LogP contribution in [0.4, 0.5) is 0 Å².